The van der Waals surface area contributed by atoms with Gasteiger partial charge in [-0.1, -0.05) is 6.92 Å². The van der Waals surface area contributed by atoms with Crippen LogP contribution in [0.3, 0.4) is 0 Å². The fraction of sp³-hybridized carbons (Fsp3) is 0.556. The number of amides is 2. The third-order valence-corrected chi connectivity index (χ3v) is 4.55. The van der Waals surface area contributed by atoms with E-state index in [1.807, 2.05) is 17.9 Å². The molecule has 1 aromatic carbocycles. The highest BCUT2D eigenvalue weighted by Crippen LogP contribution is 2.38. The molecule has 2 aliphatic rings. The number of carbonyl (C=O) groups excluding carboxylic acids is 2. The molecule has 3 rings (SSSR count). The SMILES string of the molecule is CCC(Oc1ccc(NC(C)=O)c2c1CCC(=O)N2)N1CCOC(O)C1. The van der Waals surface area contributed by atoms with Gasteiger partial charge < -0.3 is 25.2 Å². The van der Waals surface area contributed by atoms with Crippen LogP contribution in [0.25, 0.3) is 0 Å². The molecule has 26 heavy (non-hydrogen) atoms. The molecule has 1 fully saturated rings. The second kappa shape index (κ2) is 8.03. The number of β-amino-alcohol motifs (C(OH)–C–C–N with tert-alkyl or cyclic N) is 1. The van der Waals surface area contributed by atoms with Crippen molar-refractivity contribution in [1.29, 1.82) is 0 Å². The summed E-state index contributed by atoms with van der Waals surface area (Å²) >= 11 is 0. The number of nitrogens with zero attached hydrogens (tertiary/aromatic N) is 1. The van der Waals surface area contributed by atoms with Gasteiger partial charge in [0.1, 0.15) is 5.75 Å². The van der Waals surface area contributed by atoms with Gasteiger partial charge in [0.25, 0.3) is 0 Å². The van der Waals surface area contributed by atoms with E-state index in [4.69, 9.17) is 9.47 Å². The molecule has 8 nitrogen and oxygen atoms in total. The molecule has 1 saturated heterocycles. The van der Waals surface area contributed by atoms with Crippen molar-refractivity contribution in [3.63, 3.8) is 0 Å². The van der Waals surface area contributed by atoms with E-state index >= 15 is 0 Å². The van der Waals surface area contributed by atoms with Crippen LogP contribution in [0.4, 0.5) is 11.4 Å². The first-order valence-electron chi connectivity index (χ1n) is 8.91. The van der Waals surface area contributed by atoms with Gasteiger partial charge in [0.2, 0.25) is 11.8 Å². The largest absolute Gasteiger partial charge is 0.475 e. The van der Waals surface area contributed by atoms with Gasteiger partial charge in [-0.15, -0.1) is 0 Å². The highest BCUT2D eigenvalue weighted by Gasteiger charge is 2.28. The Bertz CT molecular complexity index is 694. The summed E-state index contributed by atoms with van der Waals surface area (Å²) in [7, 11) is 0. The summed E-state index contributed by atoms with van der Waals surface area (Å²) in [6, 6.07) is 3.56. The normalized spacial score (nSPS) is 21.5. The second-order valence-corrected chi connectivity index (χ2v) is 6.50. The van der Waals surface area contributed by atoms with Crippen molar-refractivity contribution in [3.8, 4) is 5.75 Å². The summed E-state index contributed by atoms with van der Waals surface area (Å²) < 4.78 is 11.4. The van der Waals surface area contributed by atoms with E-state index in [0.717, 1.165) is 12.0 Å². The molecule has 142 valence electrons. The average Bonchev–Trinajstić information content (AvgIpc) is 2.60. The lowest BCUT2D eigenvalue weighted by Crippen LogP contribution is -2.49. The van der Waals surface area contributed by atoms with Crippen LogP contribution in [0.2, 0.25) is 0 Å². The van der Waals surface area contributed by atoms with Gasteiger partial charge >= 0.3 is 0 Å². The molecule has 2 atom stereocenters. The van der Waals surface area contributed by atoms with E-state index < -0.39 is 6.29 Å². The van der Waals surface area contributed by atoms with E-state index in [1.54, 1.807) is 6.07 Å². The van der Waals surface area contributed by atoms with Crippen molar-refractivity contribution < 1.29 is 24.2 Å². The Morgan fingerprint density at radius 3 is 3.00 bits per heavy atom. The van der Waals surface area contributed by atoms with Crippen molar-refractivity contribution in [2.75, 3.05) is 30.3 Å². The molecular formula is C18H25N3O5. The summed E-state index contributed by atoms with van der Waals surface area (Å²) in [6.45, 7) is 4.97. The van der Waals surface area contributed by atoms with E-state index in [-0.39, 0.29) is 18.0 Å². The van der Waals surface area contributed by atoms with Crippen LogP contribution >= 0.6 is 0 Å². The first-order chi connectivity index (χ1) is 12.5. The fourth-order valence-corrected chi connectivity index (χ4v) is 3.34. The summed E-state index contributed by atoms with van der Waals surface area (Å²) in [5.74, 6) is 0.404. The number of hydrogen-bond donors (Lipinski definition) is 3. The fourth-order valence-electron chi connectivity index (χ4n) is 3.34. The molecule has 1 aromatic rings. The van der Waals surface area contributed by atoms with Gasteiger partial charge in [-0.3, -0.25) is 14.5 Å². The predicted octanol–water partition coefficient (Wildman–Crippen LogP) is 1.30. The molecule has 0 radical (unpaired) electrons. The highest BCUT2D eigenvalue weighted by atomic mass is 16.6. The zero-order chi connectivity index (χ0) is 18.7. The van der Waals surface area contributed by atoms with Gasteiger partial charge in [0, 0.05) is 25.5 Å². The lowest BCUT2D eigenvalue weighted by atomic mass is 10.0. The standard InChI is InChI=1S/C18H25N3O5/c1-3-16(21-8-9-25-17(24)10-21)26-14-6-5-13(19-11(2)22)18-12(14)4-7-15(23)20-18/h5-6,16-17,24H,3-4,7-10H2,1-2H3,(H,19,22)(H,20,23). The third kappa shape index (κ3) is 4.14. The molecule has 2 aliphatic heterocycles. The second-order valence-electron chi connectivity index (χ2n) is 6.50. The van der Waals surface area contributed by atoms with Gasteiger partial charge in [0.15, 0.2) is 12.5 Å². The lowest BCUT2D eigenvalue weighted by molar-refractivity contribution is -0.169. The van der Waals surface area contributed by atoms with E-state index in [9.17, 15) is 14.7 Å². The number of carbonyl (C=O) groups is 2. The number of rotatable bonds is 5. The molecule has 2 amide bonds. The molecule has 0 saturated carbocycles. The lowest BCUT2D eigenvalue weighted by Gasteiger charge is -2.36. The van der Waals surface area contributed by atoms with Crippen LogP contribution in [-0.2, 0) is 20.7 Å². The van der Waals surface area contributed by atoms with Crippen molar-refractivity contribution in [2.24, 2.45) is 0 Å². The number of fused-ring (bicyclic) bond motifs is 1. The Hall–Kier alpha value is -2.16. The molecule has 0 aromatic heterocycles. The predicted molar refractivity (Wildman–Crippen MR) is 95.9 cm³/mol. The van der Waals surface area contributed by atoms with Crippen molar-refractivity contribution in [3.05, 3.63) is 17.7 Å². The maximum Gasteiger partial charge on any atom is 0.224 e. The quantitative estimate of drug-likeness (QED) is 0.729. The van der Waals surface area contributed by atoms with Crippen LogP contribution < -0.4 is 15.4 Å². The van der Waals surface area contributed by atoms with Crippen LogP contribution in [0.1, 0.15) is 32.3 Å². The van der Waals surface area contributed by atoms with Gasteiger partial charge in [-0.2, -0.15) is 0 Å². The Morgan fingerprint density at radius 2 is 2.31 bits per heavy atom. The Kier molecular flexibility index (Phi) is 5.75. The molecule has 0 aliphatic carbocycles. The van der Waals surface area contributed by atoms with Crippen molar-refractivity contribution >= 4 is 23.2 Å². The number of ether oxygens (including phenoxy) is 2. The molecule has 8 heteroatoms. The minimum Gasteiger partial charge on any atom is -0.475 e. The highest BCUT2D eigenvalue weighted by molar-refractivity contribution is 6.02. The topological polar surface area (TPSA) is 100 Å². The number of morpholine rings is 1. The van der Waals surface area contributed by atoms with E-state index in [0.29, 0.717) is 49.7 Å². The summed E-state index contributed by atoms with van der Waals surface area (Å²) in [4.78, 5) is 25.3. The summed E-state index contributed by atoms with van der Waals surface area (Å²) in [5, 5.41) is 15.3. The number of anilines is 2. The molecule has 2 heterocycles. The number of aliphatic hydroxyl groups is 1. The third-order valence-electron chi connectivity index (χ3n) is 4.55. The van der Waals surface area contributed by atoms with Gasteiger partial charge in [0.05, 0.1) is 24.5 Å². The minimum atomic E-state index is -0.809. The smallest absolute Gasteiger partial charge is 0.224 e. The monoisotopic (exact) mass is 363 g/mol. The molecular weight excluding hydrogens is 338 g/mol. The first kappa shape index (κ1) is 18.6. The summed E-state index contributed by atoms with van der Waals surface area (Å²) in [5.41, 5.74) is 2.05. The zero-order valence-electron chi connectivity index (χ0n) is 15.1. The first-order valence-corrected chi connectivity index (χ1v) is 8.91. The number of nitrogens with one attached hydrogen (secondary N) is 2. The minimum absolute atomic E-state index is 0.0791. The van der Waals surface area contributed by atoms with Crippen molar-refractivity contribution in [1.82, 2.24) is 4.90 Å². The van der Waals surface area contributed by atoms with E-state index in [1.165, 1.54) is 6.92 Å². The molecule has 2 unspecified atom stereocenters. The Labute approximate surface area is 152 Å². The molecule has 0 bridgehead atoms. The Morgan fingerprint density at radius 1 is 1.50 bits per heavy atom. The van der Waals surface area contributed by atoms with Crippen molar-refractivity contribution in [2.45, 2.75) is 45.6 Å². The number of benzene rings is 1. The van der Waals surface area contributed by atoms with Crippen LogP contribution in [0, 0.1) is 0 Å². The van der Waals surface area contributed by atoms with Gasteiger partial charge in [-0.05, 0) is 25.0 Å². The molecule has 0 spiro atoms. The number of aliphatic hydroxyl groups excluding tert-OH is 1. The average molecular weight is 363 g/mol. The number of hydrogen-bond acceptors (Lipinski definition) is 6. The van der Waals surface area contributed by atoms with Gasteiger partial charge in [-0.25, -0.2) is 0 Å². The Balaban J connectivity index is 1.86. The van der Waals surface area contributed by atoms with Crippen LogP contribution in [0.15, 0.2) is 12.1 Å². The zero-order valence-corrected chi connectivity index (χ0v) is 15.1. The summed E-state index contributed by atoms with van der Waals surface area (Å²) in [6.07, 6.45) is 0.645. The maximum atomic E-state index is 11.8. The van der Waals surface area contributed by atoms with E-state index in [2.05, 4.69) is 10.6 Å². The van der Waals surface area contributed by atoms with Crippen LogP contribution in [0.5, 0.6) is 5.75 Å². The molecule has 3 N–H and O–H groups in total. The maximum absolute atomic E-state index is 11.8. The van der Waals surface area contributed by atoms with Crippen LogP contribution in [-0.4, -0.2) is 54.0 Å².